The molecule has 2 amide bonds. The Morgan fingerprint density at radius 2 is 1.68 bits per heavy atom. The summed E-state index contributed by atoms with van der Waals surface area (Å²) in [4.78, 5) is 34.4. The van der Waals surface area contributed by atoms with Gasteiger partial charge >= 0.3 is 0 Å². The lowest BCUT2D eigenvalue weighted by Crippen LogP contribution is -2.48. The molecule has 4 rings (SSSR count). The molecule has 0 aliphatic carbocycles. The first-order valence-corrected chi connectivity index (χ1v) is 12.5. The molecular weight excluding hydrogens is 416 g/mol. The highest BCUT2D eigenvalue weighted by Gasteiger charge is 2.36. The van der Waals surface area contributed by atoms with Gasteiger partial charge in [0.05, 0.1) is 4.90 Å². The predicted molar refractivity (Wildman–Crippen MR) is 117 cm³/mol. The van der Waals surface area contributed by atoms with Crippen molar-refractivity contribution in [2.24, 2.45) is 16.8 Å². The van der Waals surface area contributed by atoms with E-state index >= 15 is 0 Å². The molecule has 0 aromatic heterocycles. The molecule has 1 aromatic rings. The molecule has 0 saturated carbocycles. The molecule has 8 nitrogen and oxygen atoms in total. The van der Waals surface area contributed by atoms with Gasteiger partial charge in [0.15, 0.2) is 0 Å². The minimum atomic E-state index is -3.65. The van der Waals surface area contributed by atoms with Crippen LogP contribution in [0, 0.1) is 11.8 Å². The summed E-state index contributed by atoms with van der Waals surface area (Å²) in [6, 6.07) is 5.97. The van der Waals surface area contributed by atoms with E-state index in [1.165, 1.54) is 6.07 Å². The maximum atomic E-state index is 13.3. The van der Waals surface area contributed by atoms with Crippen LogP contribution in [-0.2, 0) is 19.6 Å². The van der Waals surface area contributed by atoms with Crippen molar-refractivity contribution in [3.8, 4) is 0 Å². The molecule has 1 N–H and O–H groups in total. The number of piperidine rings is 1. The summed E-state index contributed by atoms with van der Waals surface area (Å²) in [5.41, 5.74) is 0.496. The molecule has 9 heteroatoms. The SMILES string of the molecule is CC(C)[C@H](N=C1NS(=O)(=O)c2ccccc21)C(=O)N1CCC(C(=O)N2CCCC2)CC1. The summed E-state index contributed by atoms with van der Waals surface area (Å²) in [5, 5.41) is 0. The van der Waals surface area contributed by atoms with E-state index in [0.717, 1.165) is 25.9 Å². The quantitative estimate of drug-likeness (QED) is 0.760. The fourth-order valence-electron chi connectivity index (χ4n) is 4.59. The van der Waals surface area contributed by atoms with Gasteiger partial charge in [-0.3, -0.25) is 19.3 Å². The minimum absolute atomic E-state index is 0.0144. The number of amidine groups is 1. The Labute approximate surface area is 183 Å². The molecule has 3 heterocycles. The molecule has 3 aliphatic rings. The number of hydrogen-bond acceptors (Lipinski definition) is 5. The number of benzene rings is 1. The van der Waals surface area contributed by atoms with E-state index in [1.807, 2.05) is 18.7 Å². The van der Waals surface area contributed by atoms with Crippen molar-refractivity contribution in [3.63, 3.8) is 0 Å². The molecule has 0 spiro atoms. The molecule has 0 radical (unpaired) electrons. The highest BCUT2D eigenvalue weighted by molar-refractivity contribution is 7.90. The first-order chi connectivity index (χ1) is 14.8. The molecule has 0 bridgehead atoms. The molecule has 2 fully saturated rings. The summed E-state index contributed by atoms with van der Waals surface area (Å²) in [7, 11) is -3.65. The van der Waals surface area contributed by atoms with Crippen molar-refractivity contribution in [3.05, 3.63) is 29.8 Å². The van der Waals surface area contributed by atoms with Crippen molar-refractivity contribution in [2.75, 3.05) is 26.2 Å². The third-order valence-corrected chi connectivity index (χ3v) is 7.79. The number of fused-ring (bicyclic) bond motifs is 1. The number of nitrogens with zero attached hydrogens (tertiary/aromatic N) is 3. The first-order valence-electron chi connectivity index (χ1n) is 11.1. The number of carbonyl (C=O) groups is 2. The zero-order valence-electron chi connectivity index (χ0n) is 18.1. The van der Waals surface area contributed by atoms with Crippen LogP contribution in [0.1, 0.15) is 45.1 Å². The van der Waals surface area contributed by atoms with E-state index in [0.29, 0.717) is 31.5 Å². The van der Waals surface area contributed by atoms with E-state index in [9.17, 15) is 18.0 Å². The van der Waals surface area contributed by atoms with Crippen LogP contribution in [-0.4, -0.2) is 68.1 Å². The second-order valence-electron chi connectivity index (χ2n) is 8.90. The lowest BCUT2D eigenvalue weighted by atomic mass is 9.94. The lowest BCUT2D eigenvalue weighted by Gasteiger charge is -2.35. The molecule has 1 atom stereocenters. The largest absolute Gasteiger partial charge is 0.342 e. The van der Waals surface area contributed by atoms with Gasteiger partial charge in [0, 0.05) is 37.7 Å². The highest BCUT2D eigenvalue weighted by atomic mass is 32.2. The Morgan fingerprint density at radius 1 is 1.03 bits per heavy atom. The van der Waals surface area contributed by atoms with E-state index in [-0.39, 0.29) is 34.4 Å². The van der Waals surface area contributed by atoms with Gasteiger partial charge in [0.25, 0.3) is 10.0 Å². The molecule has 168 valence electrons. The van der Waals surface area contributed by atoms with Gasteiger partial charge in [-0.1, -0.05) is 26.0 Å². The van der Waals surface area contributed by atoms with E-state index < -0.39 is 16.1 Å². The number of carbonyl (C=O) groups excluding carboxylic acids is 2. The highest BCUT2D eigenvalue weighted by Crippen LogP contribution is 2.26. The third kappa shape index (κ3) is 4.33. The molecule has 3 aliphatic heterocycles. The molecule has 1 aromatic carbocycles. The van der Waals surface area contributed by atoms with Crippen LogP contribution in [0.4, 0.5) is 0 Å². The second-order valence-corrected chi connectivity index (χ2v) is 10.6. The van der Waals surface area contributed by atoms with Crippen LogP contribution in [0.3, 0.4) is 0 Å². The second kappa shape index (κ2) is 8.61. The average molecular weight is 447 g/mol. The van der Waals surface area contributed by atoms with Crippen molar-refractivity contribution in [2.45, 2.75) is 50.5 Å². The number of hydrogen-bond donors (Lipinski definition) is 1. The van der Waals surface area contributed by atoms with Crippen molar-refractivity contribution < 1.29 is 18.0 Å². The monoisotopic (exact) mass is 446 g/mol. The van der Waals surface area contributed by atoms with E-state index in [2.05, 4.69) is 9.71 Å². The number of amides is 2. The Morgan fingerprint density at radius 3 is 2.32 bits per heavy atom. The van der Waals surface area contributed by atoms with Crippen LogP contribution >= 0.6 is 0 Å². The normalized spacial score (nSPS) is 23.1. The minimum Gasteiger partial charge on any atom is -0.342 e. The molecule has 0 unspecified atom stereocenters. The van der Waals surface area contributed by atoms with Gasteiger partial charge in [-0.2, -0.15) is 0 Å². The number of sulfonamides is 1. The third-order valence-electron chi connectivity index (χ3n) is 6.39. The smallest absolute Gasteiger partial charge is 0.263 e. The summed E-state index contributed by atoms with van der Waals surface area (Å²) >= 11 is 0. The number of likely N-dealkylation sites (tertiary alicyclic amines) is 2. The zero-order valence-corrected chi connectivity index (χ0v) is 18.9. The van der Waals surface area contributed by atoms with Gasteiger partial charge in [0.1, 0.15) is 11.9 Å². The summed E-state index contributed by atoms with van der Waals surface area (Å²) in [5.74, 6) is 0.225. The predicted octanol–water partition coefficient (Wildman–Crippen LogP) is 1.61. The first kappa shape index (κ1) is 21.8. The average Bonchev–Trinajstić information content (AvgIpc) is 3.38. The standard InChI is InChI=1S/C22H30N4O4S/c1-15(2)19(23-20-17-7-3-4-8-18(17)31(29,30)24-20)22(28)26-13-9-16(10-14-26)21(27)25-11-5-6-12-25/h3-4,7-8,15-16,19H,5-6,9-14H2,1-2H3,(H,23,24)/t19-/m0/s1. The number of aliphatic imine (C=N–C) groups is 1. The Balaban J connectivity index is 1.47. The lowest BCUT2D eigenvalue weighted by molar-refractivity contribution is -0.141. The summed E-state index contributed by atoms with van der Waals surface area (Å²) in [6.45, 7) is 6.57. The summed E-state index contributed by atoms with van der Waals surface area (Å²) in [6.07, 6.45) is 3.48. The van der Waals surface area contributed by atoms with Crippen LogP contribution < -0.4 is 4.72 Å². The Hall–Kier alpha value is -2.42. The fourth-order valence-corrected chi connectivity index (χ4v) is 5.83. The van der Waals surface area contributed by atoms with Crippen molar-refractivity contribution in [1.82, 2.24) is 14.5 Å². The van der Waals surface area contributed by atoms with Gasteiger partial charge in [-0.05, 0) is 43.7 Å². The van der Waals surface area contributed by atoms with Gasteiger partial charge < -0.3 is 9.80 Å². The van der Waals surface area contributed by atoms with Crippen LogP contribution in [0.2, 0.25) is 0 Å². The topological polar surface area (TPSA) is 99.1 Å². The van der Waals surface area contributed by atoms with E-state index in [4.69, 9.17) is 0 Å². The molecule has 31 heavy (non-hydrogen) atoms. The van der Waals surface area contributed by atoms with Crippen LogP contribution in [0.5, 0.6) is 0 Å². The summed E-state index contributed by atoms with van der Waals surface area (Å²) < 4.78 is 27.2. The molecule has 2 saturated heterocycles. The van der Waals surface area contributed by atoms with Gasteiger partial charge in [0.2, 0.25) is 11.8 Å². The molecular formula is C22H30N4O4S. The van der Waals surface area contributed by atoms with Crippen molar-refractivity contribution in [1.29, 1.82) is 0 Å². The van der Waals surface area contributed by atoms with Gasteiger partial charge in [-0.15, -0.1) is 0 Å². The Bertz CT molecular complexity index is 991. The van der Waals surface area contributed by atoms with E-state index in [1.54, 1.807) is 23.1 Å². The maximum Gasteiger partial charge on any atom is 0.263 e. The van der Waals surface area contributed by atoms with Crippen LogP contribution in [0.25, 0.3) is 0 Å². The number of nitrogens with one attached hydrogen (secondary N) is 1. The maximum absolute atomic E-state index is 13.3. The fraction of sp³-hybridized carbons (Fsp3) is 0.591. The zero-order chi connectivity index (χ0) is 22.2. The van der Waals surface area contributed by atoms with Crippen molar-refractivity contribution >= 4 is 27.7 Å². The van der Waals surface area contributed by atoms with Crippen LogP contribution in [0.15, 0.2) is 34.2 Å². The Kier molecular flexibility index (Phi) is 6.05. The number of rotatable bonds is 4. The van der Waals surface area contributed by atoms with Gasteiger partial charge in [-0.25, -0.2) is 8.42 Å².